The Hall–Kier alpha value is -2.17. The van der Waals surface area contributed by atoms with Gasteiger partial charge in [-0.1, -0.05) is 61.9 Å². The highest BCUT2D eigenvalue weighted by Crippen LogP contribution is 2.23. The van der Waals surface area contributed by atoms with Gasteiger partial charge < -0.3 is 9.64 Å². The molecule has 3 rings (SSSR count). The molecule has 0 radical (unpaired) electrons. The fraction of sp³-hybridized carbons (Fsp3) is 0.435. The van der Waals surface area contributed by atoms with Gasteiger partial charge in [-0.15, -0.1) is 0 Å². The molecule has 0 saturated carbocycles. The van der Waals surface area contributed by atoms with Gasteiger partial charge in [-0.2, -0.15) is 0 Å². The number of carbonyl (C=O) groups is 1. The van der Waals surface area contributed by atoms with Gasteiger partial charge in [-0.25, -0.2) is 0 Å². The van der Waals surface area contributed by atoms with E-state index < -0.39 is 0 Å². The Morgan fingerprint density at radius 2 is 1.89 bits per heavy atom. The Morgan fingerprint density at radius 1 is 1.15 bits per heavy atom. The first-order valence-corrected chi connectivity index (χ1v) is 9.91. The molecule has 2 aromatic carbocycles. The van der Waals surface area contributed by atoms with Crippen LogP contribution >= 0.6 is 0 Å². The van der Waals surface area contributed by atoms with Gasteiger partial charge in [-0.3, -0.25) is 9.69 Å². The molecule has 0 spiro atoms. The van der Waals surface area contributed by atoms with Gasteiger partial charge in [0.2, 0.25) is 5.91 Å². The second-order valence-electron chi connectivity index (χ2n) is 7.22. The summed E-state index contributed by atoms with van der Waals surface area (Å²) >= 11 is 0. The monoisotopic (exact) mass is 366 g/mol. The zero-order valence-corrected chi connectivity index (χ0v) is 16.4. The van der Waals surface area contributed by atoms with Gasteiger partial charge in [0.1, 0.15) is 0 Å². The number of aryl methyl sites for hydroxylation is 1. The molecule has 4 heteroatoms. The molecule has 1 aliphatic heterocycles. The highest BCUT2D eigenvalue weighted by molar-refractivity contribution is 5.92. The molecule has 27 heavy (non-hydrogen) atoms. The van der Waals surface area contributed by atoms with Gasteiger partial charge in [-0.05, 0) is 23.6 Å². The summed E-state index contributed by atoms with van der Waals surface area (Å²) in [5.74, 6) is 0.0716. The Kier molecular flexibility index (Phi) is 7.02. The smallest absolute Gasteiger partial charge is 0.223 e. The van der Waals surface area contributed by atoms with Crippen LogP contribution in [-0.2, 0) is 22.5 Å². The summed E-state index contributed by atoms with van der Waals surface area (Å²) < 4.78 is 6.01. The zero-order valence-electron chi connectivity index (χ0n) is 16.4. The lowest BCUT2D eigenvalue weighted by atomic mass is 10.1. The van der Waals surface area contributed by atoms with Crippen molar-refractivity contribution >= 4 is 11.6 Å². The minimum absolute atomic E-state index is 0.0287. The van der Waals surface area contributed by atoms with E-state index in [1.54, 1.807) is 6.92 Å². The number of ether oxygens (including phenoxy) is 1. The number of hydrogen-bond donors (Lipinski definition) is 0. The molecule has 144 valence electrons. The minimum atomic E-state index is 0.0287. The van der Waals surface area contributed by atoms with Crippen LogP contribution in [0.2, 0.25) is 0 Å². The fourth-order valence-corrected chi connectivity index (χ4v) is 3.73. The van der Waals surface area contributed by atoms with Crippen molar-refractivity contribution in [2.45, 2.75) is 39.3 Å². The lowest BCUT2D eigenvalue weighted by Crippen LogP contribution is -2.48. The molecule has 4 nitrogen and oxygen atoms in total. The van der Waals surface area contributed by atoms with Crippen molar-refractivity contribution in [2.24, 2.45) is 0 Å². The summed E-state index contributed by atoms with van der Waals surface area (Å²) in [6, 6.07) is 18.8. The molecule has 1 aliphatic rings. The van der Waals surface area contributed by atoms with Gasteiger partial charge in [0.25, 0.3) is 0 Å². The third kappa shape index (κ3) is 5.41. The topological polar surface area (TPSA) is 32.8 Å². The number of rotatable bonds is 7. The molecule has 0 N–H and O–H groups in total. The van der Waals surface area contributed by atoms with Crippen molar-refractivity contribution in [2.75, 3.05) is 31.1 Å². The number of carbonyl (C=O) groups excluding carboxylic acids is 1. The Bertz CT molecular complexity index is 732. The Morgan fingerprint density at radius 3 is 2.63 bits per heavy atom. The standard InChI is InChI=1S/C23H30N2O2/c1-3-9-21-12-7-8-13-23(21)25(19(2)26)18-22-17-24(14-15-27-22)16-20-10-5-4-6-11-20/h4-8,10-13,22H,3,9,14-18H2,1-2H3. The first kappa shape index (κ1) is 19.6. The van der Waals surface area contributed by atoms with E-state index in [0.717, 1.165) is 38.2 Å². The summed E-state index contributed by atoms with van der Waals surface area (Å²) in [7, 11) is 0. The van der Waals surface area contributed by atoms with E-state index in [2.05, 4.69) is 48.2 Å². The second-order valence-corrected chi connectivity index (χ2v) is 7.22. The molecule has 0 bridgehead atoms. The lowest BCUT2D eigenvalue weighted by Gasteiger charge is -2.36. The molecule has 0 aromatic heterocycles. The molecule has 1 fully saturated rings. The molecular formula is C23H30N2O2. The van der Waals surface area contributed by atoms with E-state index in [0.29, 0.717) is 13.2 Å². The van der Waals surface area contributed by atoms with E-state index in [4.69, 9.17) is 4.74 Å². The number of morpholine rings is 1. The number of amides is 1. The predicted molar refractivity (Wildman–Crippen MR) is 110 cm³/mol. The Balaban J connectivity index is 1.68. The average Bonchev–Trinajstić information content (AvgIpc) is 2.68. The van der Waals surface area contributed by atoms with Crippen LogP contribution in [0.3, 0.4) is 0 Å². The van der Waals surface area contributed by atoms with Crippen LogP contribution < -0.4 is 4.90 Å². The van der Waals surface area contributed by atoms with E-state index in [-0.39, 0.29) is 12.0 Å². The number of hydrogen-bond acceptors (Lipinski definition) is 3. The van der Waals surface area contributed by atoms with E-state index in [1.807, 2.05) is 23.1 Å². The van der Waals surface area contributed by atoms with Crippen molar-refractivity contribution in [1.29, 1.82) is 0 Å². The molecule has 1 unspecified atom stereocenters. The Labute approximate surface area is 162 Å². The van der Waals surface area contributed by atoms with Crippen LogP contribution in [0.15, 0.2) is 54.6 Å². The maximum Gasteiger partial charge on any atom is 0.223 e. The normalized spacial score (nSPS) is 17.6. The van der Waals surface area contributed by atoms with Crippen LogP contribution in [-0.4, -0.2) is 43.2 Å². The lowest BCUT2D eigenvalue weighted by molar-refractivity contribution is -0.117. The summed E-state index contributed by atoms with van der Waals surface area (Å²) in [6.45, 7) is 7.81. The van der Waals surface area contributed by atoms with Crippen molar-refractivity contribution in [3.8, 4) is 0 Å². The number of benzene rings is 2. The molecule has 1 amide bonds. The van der Waals surface area contributed by atoms with Gasteiger partial charge in [0.05, 0.1) is 19.3 Å². The number of para-hydroxylation sites is 1. The van der Waals surface area contributed by atoms with E-state index in [1.165, 1.54) is 11.1 Å². The molecule has 1 atom stereocenters. The minimum Gasteiger partial charge on any atom is -0.374 e. The summed E-state index contributed by atoms with van der Waals surface area (Å²) in [5.41, 5.74) is 3.57. The van der Waals surface area contributed by atoms with Crippen molar-refractivity contribution in [3.63, 3.8) is 0 Å². The first-order valence-electron chi connectivity index (χ1n) is 9.91. The number of anilines is 1. The molecule has 1 saturated heterocycles. The highest BCUT2D eigenvalue weighted by atomic mass is 16.5. The predicted octanol–water partition coefficient (Wildman–Crippen LogP) is 3.89. The maximum absolute atomic E-state index is 12.4. The van der Waals surface area contributed by atoms with Crippen LogP contribution in [0.1, 0.15) is 31.4 Å². The van der Waals surface area contributed by atoms with Crippen LogP contribution in [0, 0.1) is 0 Å². The van der Waals surface area contributed by atoms with Gasteiger partial charge in [0, 0.05) is 32.2 Å². The van der Waals surface area contributed by atoms with Crippen molar-refractivity contribution in [1.82, 2.24) is 4.90 Å². The van der Waals surface area contributed by atoms with Crippen molar-refractivity contribution < 1.29 is 9.53 Å². The van der Waals surface area contributed by atoms with Gasteiger partial charge in [0.15, 0.2) is 0 Å². The van der Waals surface area contributed by atoms with Crippen molar-refractivity contribution in [3.05, 3.63) is 65.7 Å². The quantitative estimate of drug-likeness (QED) is 0.745. The zero-order chi connectivity index (χ0) is 19.1. The third-order valence-corrected chi connectivity index (χ3v) is 5.04. The SMILES string of the molecule is CCCc1ccccc1N(CC1CN(Cc2ccccc2)CCO1)C(C)=O. The summed E-state index contributed by atoms with van der Waals surface area (Å²) in [6.07, 6.45) is 2.07. The molecular weight excluding hydrogens is 336 g/mol. The fourth-order valence-electron chi connectivity index (χ4n) is 3.73. The maximum atomic E-state index is 12.4. The molecule has 1 heterocycles. The average molecular weight is 367 g/mol. The first-order chi connectivity index (χ1) is 13.2. The second kappa shape index (κ2) is 9.67. The summed E-state index contributed by atoms with van der Waals surface area (Å²) in [5, 5.41) is 0. The van der Waals surface area contributed by atoms with Crippen LogP contribution in [0.5, 0.6) is 0 Å². The molecule has 0 aliphatic carbocycles. The molecule has 2 aromatic rings. The van der Waals surface area contributed by atoms with Crippen LogP contribution in [0.4, 0.5) is 5.69 Å². The number of nitrogens with zero attached hydrogens (tertiary/aromatic N) is 2. The van der Waals surface area contributed by atoms with Gasteiger partial charge >= 0.3 is 0 Å². The van der Waals surface area contributed by atoms with E-state index >= 15 is 0 Å². The van der Waals surface area contributed by atoms with E-state index in [9.17, 15) is 4.79 Å². The third-order valence-electron chi connectivity index (χ3n) is 5.04. The largest absolute Gasteiger partial charge is 0.374 e. The highest BCUT2D eigenvalue weighted by Gasteiger charge is 2.25. The van der Waals surface area contributed by atoms with Crippen LogP contribution in [0.25, 0.3) is 0 Å². The summed E-state index contributed by atoms with van der Waals surface area (Å²) in [4.78, 5) is 16.7.